The lowest BCUT2D eigenvalue weighted by atomic mass is 9.79. The topological polar surface area (TPSA) is 29.6 Å². The van der Waals surface area contributed by atoms with Gasteiger partial charge in [-0.1, -0.05) is 106 Å². The van der Waals surface area contributed by atoms with Gasteiger partial charge in [0.2, 0.25) is 0 Å². The van der Waals surface area contributed by atoms with Gasteiger partial charge in [-0.2, -0.15) is 0 Å². The fourth-order valence-electron chi connectivity index (χ4n) is 6.65. The molecule has 6 aromatic rings. The normalized spacial score (nSPS) is 17.7. The van der Waals surface area contributed by atoms with Gasteiger partial charge in [0.25, 0.3) is 0 Å². The highest BCUT2D eigenvalue weighted by atomic mass is 15.0. The summed E-state index contributed by atoms with van der Waals surface area (Å²) in [6, 6.07) is 41.7. The molecule has 0 N–H and O–H groups in total. The quantitative estimate of drug-likeness (QED) is 0.214. The molecule has 0 saturated carbocycles. The Morgan fingerprint density at radius 3 is 2.07 bits per heavy atom. The summed E-state index contributed by atoms with van der Waals surface area (Å²) in [7, 11) is 0. The second kappa shape index (κ2) is 8.87. The molecule has 198 valence electrons. The van der Waals surface area contributed by atoms with Crippen LogP contribution >= 0.6 is 0 Å². The third-order valence-electron chi connectivity index (χ3n) is 8.72. The van der Waals surface area contributed by atoms with E-state index in [1.54, 1.807) is 0 Å². The lowest BCUT2D eigenvalue weighted by Gasteiger charge is -2.33. The molecular formula is C38H31N3. The molecular weight excluding hydrogens is 498 g/mol. The highest BCUT2D eigenvalue weighted by Crippen LogP contribution is 2.49. The van der Waals surface area contributed by atoms with E-state index in [0.29, 0.717) is 0 Å². The Kier molecular flexibility index (Phi) is 5.21. The van der Waals surface area contributed by atoms with E-state index >= 15 is 0 Å². The first kappa shape index (κ1) is 24.1. The van der Waals surface area contributed by atoms with Gasteiger partial charge in [-0.15, -0.1) is 0 Å². The lowest BCUT2D eigenvalue weighted by Crippen LogP contribution is -2.22. The number of fused-ring (bicyclic) bond motifs is 9. The second-order valence-electron chi connectivity index (χ2n) is 12.2. The van der Waals surface area contributed by atoms with Gasteiger partial charge in [-0.05, 0) is 63.6 Å². The van der Waals surface area contributed by atoms with Crippen molar-refractivity contribution in [3.63, 3.8) is 0 Å². The smallest absolute Gasteiger partial charge is 0.103 e. The number of rotatable bonds is 2. The predicted molar refractivity (Wildman–Crippen MR) is 172 cm³/mol. The molecule has 41 heavy (non-hydrogen) atoms. The third kappa shape index (κ3) is 3.72. The summed E-state index contributed by atoms with van der Waals surface area (Å²) in [4.78, 5) is 10.5. The molecule has 0 bridgehead atoms. The minimum atomic E-state index is -0.0335. The molecule has 0 radical (unpaired) electrons. The largest absolute Gasteiger partial charge is 0.309 e. The lowest BCUT2D eigenvalue weighted by molar-refractivity contribution is 0.570. The Labute approximate surface area is 240 Å². The van der Waals surface area contributed by atoms with E-state index in [0.717, 1.165) is 17.0 Å². The van der Waals surface area contributed by atoms with Crippen molar-refractivity contribution in [1.82, 2.24) is 4.57 Å². The Morgan fingerprint density at radius 1 is 0.610 bits per heavy atom. The van der Waals surface area contributed by atoms with Crippen LogP contribution in [-0.2, 0) is 5.41 Å². The molecule has 5 aromatic carbocycles. The van der Waals surface area contributed by atoms with Crippen LogP contribution in [0, 0.1) is 0 Å². The summed E-state index contributed by atoms with van der Waals surface area (Å²) in [5, 5.41) is 2.56. The first-order chi connectivity index (χ1) is 20.0. The average molecular weight is 530 g/mol. The second-order valence-corrected chi connectivity index (χ2v) is 12.2. The first-order valence-corrected chi connectivity index (χ1v) is 14.4. The highest BCUT2D eigenvalue weighted by molar-refractivity contribution is 6.38. The van der Waals surface area contributed by atoms with E-state index in [-0.39, 0.29) is 17.5 Å². The van der Waals surface area contributed by atoms with Gasteiger partial charge in [0.05, 0.1) is 16.7 Å². The fraction of sp³-hybridized carbons (Fsp3) is 0.158. The summed E-state index contributed by atoms with van der Waals surface area (Å²) in [6.45, 7) is 6.82. The zero-order chi connectivity index (χ0) is 27.7. The van der Waals surface area contributed by atoms with E-state index in [1.165, 1.54) is 49.6 Å². The van der Waals surface area contributed by atoms with Crippen LogP contribution in [0.4, 0.5) is 0 Å². The Morgan fingerprint density at radius 2 is 1.29 bits per heavy atom. The van der Waals surface area contributed by atoms with E-state index in [4.69, 9.17) is 9.98 Å². The molecule has 0 amide bonds. The molecule has 0 spiro atoms. The van der Waals surface area contributed by atoms with Crippen molar-refractivity contribution in [2.24, 2.45) is 9.98 Å². The third-order valence-corrected chi connectivity index (χ3v) is 8.72. The van der Waals surface area contributed by atoms with Crippen LogP contribution in [0.2, 0.25) is 0 Å². The number of nitrogens with zero attached hydrogens (tertiary/aromatic N) is 3. The van der Waals surface area contributed by atoms with Gasteiger partial charge >= 0.3 is 0 Å². The maximum Gasteiger partial charge on any atom is 0.103 e. The zero-order valence-corrected chi connectivity index (χ0v) is 23.5. The zero-order valence-electron chi connectivity index (χ0n) is 23.5. The van der Waals surface area contributed by atoms with Gasteiger partial charge in [0.1, 0.15) is 12.1 Å². The van der Waals surface area contributed by atoms with Crippen molar-refractivity contribution in [2.45, 2.75) is 38.3 Å². The van der Waals surface area contributed by atoms with Crippen LogP contribution in [0.15, 0.2) is 125 Å². The number of aromatic nitrogens is 1. The molecule has 1 aliphatic heterocycles. The SMILES string of the molecule is CC(C)(C)c1ccc2c(c1)c1ccccc1n2-c1cccc(C2=NC3c4ccccc4-c4ccccc4C3N=C2)c1. The van der Waals surface area contributed by atoms with Crippen LogP contribution in [-0.4, -0.2) is 16.5 Å². The van der Waals surface area contributed by atoms with Crippen molar-refractivity contribution in [3.8, 4) is 16.8 Å². The molecule has 3 nitrogen and oxygen atoms in total. The summed E-state index contributed by atoms with van der Waals surface area (Å²) >= 11 is 0. The highest BCUT2D eigenvalue weighted by Gasteiger charge is 2.35. The van der Waals surface area contributed by atoms with Gasteiger partial charge in [0, 0.05) is 28.2 Å². The van der Waals surface area contributed by atoms with Crippen molar-refractivity contribution in [3.05, 3.63) is 138 Å². The fourth-order valence-corrected chi connectivity index (χ4v) is 6.65. The summed E-state index contributed by atoms with van der Waals surface area (Å²) in [6.07, 6.45) is 1.98. The Hall–Kier alpha value is -4.76. The number of benzene rings is 5. The Balaban J connectivity index is 1.26. The molecule has 0 saturated heterocycles. The molecule has 2 aliphatic rings. The van der Waals surface area contributed by atoms with Crippen molar-refractivity contribution in [1.29, 1.82) is 0 Å². The van der Waals surface area contributed by atoms with Crippen LogP contribution in [0.5, 0.6) is 0 Å². The van der Waals surface area contributed by atoms with Crippen molar-refractivity contribution in [2.75, 3.05) is 0 Å². The van der Waals surface area contributed by atoms with E-state index in [1.807, 2.05) is 6.21 Å². The molecule has 1 aromatic heterocycles. The predicted octanol–water partition coefficient (Wildman–Crippen LogP) is 9.42. The van der Waals surface area contributed by atoms with E-state index in [2.05, 4.69) is 141 Å². The molecule has 2 heterocycles. The Bertz CT molecular complexity index is 2050. The molecule has 0 fully saturated rings. The molecule has 3 heteroatoms. The number of para-hydroxylation sites is 1. The minimum absolute atomic E-state index is 0.00220. The monoisotopic (exact) mass is 529 g/mol. The number of aliphatic imine (C=N–C) groups is 2. The minimum Gasteiger partial charge on any atom is -0.309 e. The van der Waals surface area contributed by atoms with Crippen LogP contribution < -0.4 is 0 Å². The van der Waals surface area contributed by atoms with Gasteiger partial charge in [-0.3, -0.25) is 9.98 Å². The molecule has 1 aliphatic carbocycles. The summed E-state index contributed by atoms with van der Waals surface area (Å²) in [5.74, 6) is 0. The maximum absolute atomic E-state index is 5.36. The van der Waals surface area contributed by atoms with Gasteiger partial charge in [0.15, 0.2) is 0 Å². The van der Waals surface area contributed by atoms with Crippen molar-refractivity contribution < 1.29 is 0 Å². The molecule has 2 unspecified atom stereocenters. The van der Waals surface area contributed by atoms with Gasteiger partial charge in [-0.25, -0.2) is 0 Å². The summed E-state index contributed by atoms with van der Waals surface area (Å²) < 4.78 is 2.39. The van der Waals surface area contributed by atoms with Crippen molar-refractivity contribution >= 4 is 33.7 Å². The average Bonchev–Trinajstić information content (AvgIpc) is 3.34. The van der Waals surface area contributed by atoms with Crippen LogP contribution in [0.25, 0.3) is 38.6 Å². The van der Waals surface area contributed by atoms with Crippen LogP contribution in [0.1, 0.15) is 55.1 Å². The first-order valence-electron chi connectivity index (χ1n) is 14.4. The standard InChI is InChI=1S/C38H31N3/c1-38(2,3)25-19-20-35-32(22-25)29-15-8-9-18-34(29)41(35)26-12-10-11-24(21-26)33-23-39-36-30-16-6-4-13-27(30)28-14-5-7-17-31(28)37(36)40-33/h4-23,36-37H,1-3H3. The number of hydrogen-bond acceptors (Lipinski definition) is 2. The van der Waals surface area contributed by atoms with Crippen LogP contribution in [0.3, 0.4) is 0 Å². The molecule has 8 rings (SSSR count). The summed E-state index contributed by atoms with van der Waals surface area (Å²) in [5.41, 5.74) is 12.0. The van der Waals surface area contributed by atoms with E-state index in [9.17, 15) is 0 Å². The van der Waals surface area contributed by atoms with Gasteiger partial charge < -0.3 is 4.57 Å². The van der Waals surface area contributed by atoms with E-state index < -0.39 is 0 Å². The molecule has 2 atom stereocenters. The number of hydrogen-bond donors (Lipinski definition) is 0. The maximum atomic E-state index is 5.36.